The van der Waals surface area contributed by atoms with E-state index in [9.17, 15) is 0 Å². The zero-order valence-electron chi connectivity index (χ0n) is 9.53. The van der Waals surface area contributed by atoms with Crippen molar-refractivity contribution in [1.82, 2.24) is 4.98 Å². The maximum Gasteiger partial charge on any atom is 0.183 e. The van der Waals surface area contributed by atoms with Gasteiger partial charge in [0.2, 0.25) is 0 Å². The van der Waals surface area contributed by atoms with Crippen LogP contribution in [-0.2, 0) is 0 Å². The smallest absolute Gasteiger partial charge is 0.183 e. The second-order valence-corrected chi connectivity index (χ2v) is 6.27. The van der Waals surface area contributed by atoms with Crippen LogP contribution in [-0.4, -0.2) is 11.0 Å². The van der Waals surface area contributed by atoms with Crippen molar-refractivity contribution in [2.24, 2.45) is 0 Å². The Labute approximate surface area is 113 Å². The molecule has 0 unspecified atom stereocenters. The molecule has 0 aliphatic heterocycles. The normalized spacial score (nSPS) is 14.9. The lowest BCUT2D eigenvalue weighted by molar-refractivity contribution is 1.12. The summed E-state index contributed by atoms with van der Waals surface area (Å²) < 4.78 is 1.11. The summed E-state index contributed by atoms with van der Waals surface area (Å²) in [5.74, 6) is 0. The van der Waals surface area contributed by atoms with Crippen LogP contribution in [0.3, 0.4) is 0 Å². The van der Waals surface area contributed by atoms with Crippen LogP contribution < -0.4 is 5.32 Å². The standard InChI is InChI=1S/C13H13BrN2S/c1-8-12(9-2-4-10(14)5-3-9)17-13(15-8)16-11-6-7-11/h2-5,11H,6-7H2,1H3,(H,15,16). The van der Waals surface area contributed by atoms with Gasteiger partial charge in [-0.1, -0.05) is 39.4 Å². The number of hydrogen-bond acceptors (Lipinski definition) is 3. The lowest BCUT2D eigenvalue weighted by Gasteiger charge is -1.98. The van der Waals surface area contributed by atoms with Crippen molar-refractivity contribution in [3.8, 4) is 10.4 Å². The van der Waals surface area contributed by atoms with E-state index < -0.39 is 0 Å². The van der Waals surface area contributed by atoms with E-state index in [1.165, 1.54) is 23.3 Å². The lowest BCUT2D eigenvalue weighted by atomic mass is 10.2. The molecule has 2 aromatic rings. The quantitative estimate of drug-likeness (QED) is 0.905. The fourth-order valence-electron chi connectivity index (χ4n) is 1.73. The monoisotopic (exact) mass is 308 g/mol. The number of hydrogen-bond donors (Lipinski definition) is 1. The van der Waals surface area contributed by atoms with Gasteiger partial charge in [-0.05, 0) is 37.5 Å². The number of aryl methyl sites for hydroxylation is 1. The Morgan fingerprint density at radius 3 is 2.65 bits per heavy atom. The predicted molar refractivity (Wildman–Crippen MR) is 76.6 cm³/mol. The van der Waals surface area contributed by atoms with Gasteiger partial charge in [-0.2, -0.15) is 0 Å². The van der Waals surface area contributed by atoms with Crippen LogP contribution in [0.2, 0.25) is 0 Å². The summed E-state index contributed by atoms with van der Waals surface area (Å²) in [5, 5.41) is 4.51. The van der Waals surface area contributed by atoms with Crippen molar-refractivity contribution in [3.63, 3.8) is 0 Å². The predicted octanol–water partition coefficient (Wildman–Crippen LogP) is 4.46. The molecule has 4 heteroatoms. The Kier molecular flexibility index (Phi) is 2.92. The number of aromatic nitrogens is 1. The van der Waals surface area contributed by atoms with Gasteiger partial charge in [0, 0.05) is 10.5 Å². The summed E-state index contributed by atoms with van der Waals surface area (Å²) in [7, 11) is 0. The largest absolute Gasteiger partial charge is 0.359 e. The SMILES string of the molecule is Cc1nc(NC2CC2)sc1-c1ccc(Br)cc1. The third-order valence-corrected chi connectivity index (χ3v) is 4.47. The summed E-state index contributed by atoms with van der Waals surface area (Å²) in [5.41, 5.74) is 2.35. The molecule has 17 heavy (non-hydrogen) atoms. The summed E-state index contributed by atoms with van der Waals surface area (Å²) >= 11 is 5.21. The molecular formula is C13H13BrN2S. The molecule has 1 aromatic carbocycles. The molecule has 0 saturated heterocycles. The molecule has 0 atom stereocenters. The van der Waals surface area contributed by atoms with Gasteiger partial charge in [0.15, 0.2) is 5.13 Å². The molecule has 1 aromatic heterocycles. The Balaban J connectivity index is 1.90. The summed E-state index contributed by atoms with van der Waals surface area (Å²) in [6.07, 6.45) is 2.57. The maximum atomic E-state index is 4.59. The average molecular weight is 309 g/mol. The van der Waals surface area contributed by atoms with Crippen molar-refractivity contribution in [1.29, 1.82) is 0 Å². The first-order chi connectivity index (χ1) is 8.22. The first-order valence-electron chi connectivity index (χ1n) is 5.72. The maximum absolute atomic E-state index is 4.59. The fourth-order valence-corrected chi connectivity index (χ4v) is 3.04. The van der Waals surface area contributed by atoms with Crippen LogP contribution in [0.15, 0.2) is 28.7 Å². The van der Waals surface area contributed by atoms with E-state index in [-0.39, 0.29) is 0 Å². The van der Waals surface area contributed by atoms with E-state index in [1.807, 2.05) is 0 Å². The van der Waals surface area contributed by atoms with Crippen molar-refractivity contribution in [2.75, 3.05) is 5.32 Å². The molecule has 1 aliphatic carbocycles. The minimum absolute atomic E-state index is 0.665. The summed E-state index contributed by atoms with van der Waals surface area (Å²) in [4.78, 5) is 5.85. The van der Waals surface area contributed by atoms with E-state index >= 15 is 0 Å². The number of benzene rings is 1. The van der Waals surface area contributed by atoms with E-state index in [2.05, 4.69) is 57.4 Å². The second kappa shape index (κ2) is 4.42. The Hall–Kier alpha value is -0.870. The summed E-state index contributed by atoms with van der Waals surface area (Å²) in [6.45, 7) is 2.08. The first-order valence-corrected chi connectivity index (χ1v) is 7.33. The van der Waals surface area contributed by atoms with Gasteiger partial charge in [0.05, 0.1) is 10.6 Å². The third-order valence-electron chi connectivity index (χ3n) is 2.81. The van der Waals surface area contributed by atoms with Crippen molar-refractivity contribution >= 4 is 32.4 Å². The highest BCUT2D eigenvalue weighted by molar-refractivity contribution is 9.10. The van der Waals surface area contributed by atoms with Gasteiger partial charge >= 0.3 is 0 Å². The summed E-state index contributed by atoms with van der Waals surface area (Å²) in [6, 6.07) is 9.07. The molecule has 1 saturated carbocycles. The van der Waals surface area contributed by atoms with Crippen molar-refractivity contribution in [2.45, 2.75) is 25.8 Å². The van der Waals surface area contributed by atoms with Crippen LogP contribution in [0.5, 0.6) is 0 Å². The fraction of sp³-hybridized carbons (Fsp3) is 0.308. The Morgan fingerprint density at radius 2 is 2.00 bits per heavy atom. The average Bonchev–Trinajstić information content (AvgIpc) is 3.03. The first kappa shape index (κ1) is 11.2. The van der Waals surface area contributed by atoms with Gasteiger partial charge < -0.3 is 5.32 Å². The molecule has 0 radical (unpaired) electrons. The van der Waals surface area contributed by atoms with Crippen LogP contribution in [0.4, 0.5) is 5.13 Å². The number of rotatable bonds is 3. The molecule has 88 valence electrons. The minimum atomic E-state index is 0.665. The van der Waals surface area contributed by atoms with E-state index in [4.69, 9.17) is 0 Å². The van der Waals surface area contributed by atoms with Crippen molar-refractivity contribution < 1.29 is 0 Å². The number of nitrogens with zero attached hydrogens (tertiary/aromatic N) is 1. The zero-order valence-corrected chi connectivity index (χ0v) is 11.9. The molecule has 1 heterocycles. The highest BCUT2D eigenvalue weighted by Crippen LogP contribution is 2.35. The molecule has 0 spiro atoms. The number of thiazole rings is 1. The van der Waals surface area contributed by atoms with Crippen LogP contribution in [0.25, 0.3) is 10.4 Å². The number of anilines is 1. The number of halogens is 1. The Morgan fingerprint density at radius 1 is 1.29 bits per heavy atom. The molecular weight excluding hydrogens is 296 g/mol. The van der Waals surface area contributed by atoms with Crippen LogP contribution >= 0.6 is 27.3 Å². The minimum Gasteiger partial charge on any atom is -0.359 e. The molecule has 1 fully saturated rings. The van der Waals surface area contributed by atoms with Gasteiger partial charge in [-0.25, -0.2) is 4.98 Å². The van der Waals surface area contributed by atoms with E-state index in [0.717, 1.165) is 15.3 Å². The molecule has 0 bridgehead atoms. The van der Waals surface area contributed by atoms with Gasteiger partial charge in [-0.3, -0.25) is 0 Å². The topological polar surface area (TPSA) is 24.9 Å². The molecule has 2 nitrogen and oxygen atoms in total. The van der Waals surface area contributed by atoms with Gasteiger partial charge in [-0.15, -0.1) is 0 Å². The lowest BCUT2D eigenvalue weighted by Crippen LogP contribution is -1.99. The third kappa shape index (κ3) is 2.53. The van der Waals surface area contributed by atoms with Gasteiger partial charge in [0.1, 0.15) is 0 Å². The van der Waals surface area contributed by atoms with Crippen molar-refractivity contribution in [3.05, 3.63) is 34.4 Å². The molecule has 0 amide bonds. The molecule has 3 rings (SSSR count). The highest BCUT2D eigenvalue weighted by Gasteiger charge is 2.22. The van der Waals surface area contributed by atoms with Gasteiger partial charge in [0.25, 0.3) is 0 Å². The Bertz CT molecular complexity index is 529. The van der Waals surface area contributed by atoms with E-state index in [0.29, 0.717) is 6.04 Å². The molecule has 1 aliphatic rings. The van der Waals surface area contributed by atoms with Crippen LogP contribution in [0.1, 0.15) is 18.5 Å². The second-order valence-electron chi connectivity index (χ2n) is 4.36. The zero-order chi connectivity index (χ0) is 11.8. The molecule has 1 N–H and O–H groups in total. The van der Waals surface area contributed by atoms with Crippen LogP contribution in [0, 0.1) is 6.92 Å². The van der Waals surface area contributed by atoms with E-state index in [1.54, 1.807) is 11.3 Å². The highest BCUT2D eigenvalue weighted by atomic mass is 79.9. The number of nitrogens with one attached hydrogen (secondary N) is 1.